The second kappa shape index (κ2) is 3.82. The van der Waals surface area contributed by atoms with Crippen molar-refractivity contribution in [3.63, 3.8) is 0 Å². The summed E-state index contributed by atoms with van der Waals surface area (Å²) in [7, 11) is 1.00. The second-order valence-corrected chi connectivity index (χ2v) is 2.42. The zero-order valence-corrected chi connectivity index (χ0v) is 6.02. The van der Waals surface area contributed by atoms with Crippen molar-refractivity contribution in [3.05, 3.63) is 0 Å². The minimum atomic E-state index is -0.417. The van der Waals surface area contributed by atoms with E-state index in [4.69, 9.17) is 10.2 Å². The minimum absolute atomic E-state index is 0.417. The van der Waals surface area contributed by atoms with Crippen LogP contribution in [0.4, 0.5) is 0 Å². The molecular formula is C6H15NO2. The zero-order valence-electron chi connectivity index (χ0n) is 6.02. The van der Waals surface area contributed by atoms with E-state index in [2.05, 4.69) is 5.32 Å². The fourth-order valence-electron chi connectivity index (χ4n) is 0.804. The molecule has 0 spiro atoms. The molecule has 0 aromatic rings. The molecule has 0 saturated carbocycles. The first-order valence-electron chi connectivity index (χ1n) is 3.09. The van der Waals surface area contributed by atoms with Gasteiger partial charge in [0.2, 0.25) is 0 Å². The molecule has 3 N–H and O–H groups in total. The van der Waals surface area contributed by atoms with Gasteiger partial charge in [-0.05, 0) is 19.9 Å². The summed E-state index contributed by atoms with van der Waals surface area (Å²) in [5.74, 6) is 0. The lowest BCUT2D eigenvalue weighted by Gasteiger charge is -2.11. The van der Waals surface area contributed by atoms with E-state index in [1.165, 1.54) is 0 Å². The average Bonchev–Trinajstić information content (AvgIpc) is 2.19. The predicted molar refractivity (Wildman–Crippen MR) is 36.3 cm³/mol. The van der Waals surface area contributed by atoms with E-state index in [0.717, 1.165) is 26.6 Å². The molecule has 0 aliphatic carbocycles. The van der Waals surface area contributed by atoms with Crippen molar-refractivity contribution in [2.75, 3.05) is 20.2 Å². The predicted octanol–water partition coefficient (Wildman–Crippen LogP) is -0.661. The van der Waals surface area contributed by atoms with Gasteiger partial charge in [0.25, 0.3) is 0 Å². The van der Waals surface area contributed by atoms with Crippen LogP contribution in [-0.4, -0.2) is 36.0 Å². The third-order valence-electron chi connectivity index (χ3n) is 1.35. The fourth-order valence-corrected chi connectivity index (χ4v) is 0.804. The smallest absolute Gasteiger partial charge is 0.0755 e. The Labute approximate surface area is 55.7 Å². The summed E-state index contributed by atoms with van der Waals surface area (Å²) in [6.07, 6.45) is 0.896. The minimum Gasteiger partial charge on any atom is -0.400 e. The van der Waals surface area contributed by atoms with Gasteiger partial charge in [-0.15, -0.1) is 0 Å². The SMILES string of the molecule is CC1(O)CCNC1.CO. The van der Waals surface area contributed by atoms with Crippen LogP contribution < -0.4 is 5.32 Å². The van der Waals surface area contributed by atoms with Crippen LogP contribution in [0.2, 0.25) is 0 Å². The van der Waals surface area contributed by atoms with Crippen molar-refractivity contribution in [1.29, 1.82) is 0 Å². The quantitative estimate of drug-likeness (QED) is 0.411. The highest BCUT2D eigenvalue weighted by atomic mass is 16.3. The summed E-state index contributed by atoms with van der Waals surface area (Å²) in [5, 5.41) is 19.2. The normalized spacial score (nSPS) is 33.3. The molecule has 1 aliphatic heterocycles. The largest absolute Gasteiger partial charge is 0.400 e. The molecule has 1 fully saturated rings. The van der Waals surface area contributed by atoms with Gasteiger partial charge in [-0.3, -0.25) is 0 Å². The third-order valence-corrected chi connectivity index (χ3v) is 1.35. The number of hydrogen-bond acceptors (Lipinski definition) is 3. The molecule has 3 nitrogen and oxygen atoms in total. The van der Waals surface area contributed by atoms with Crippen LogP contribution in [0.3, 0.4) is 0 Å². The molecule has 0 aromatic carbocycles. The second-order valence-electron chi connectivity index (χ2n) is 2.42. The van der Waals surface area contributed by atoms with Crippen molar-refractivity contribution in [1.82, 2.24) is 5.32 Å². The third kappa shape index (κ3) is 3.46. The molecule has 1 saturated heterocycles. The molecule has 1 heterocycles. The standard InChI is InChI=1S/C5H11NO.CH4O/c1-5(7)2-3-6-4-5;1-2/h6-7H,2-4H2,1H3;2H,1H3. The molecule has 56 valence electrons. The zero-order chi connectivity index (χ0) is 7.33. The number of aliphatic hydroxyl groups excluding tert-OH is 1. The molecule has 0 aromatic heterocycles. The van der Waals surface area contributed by atoms with Crippen LogP contribution in [0.15, 0.2) is 0 Å². The summed E-state index contributed by atoms with van der Waals surface area (Å²) in [6, 6.07) is 0. The van der Waals surface area contributed by atoms with Gasteiger partial charge >= 0.3 is 0 Å². The first-order valence-corrected chi connectivity index (χ1v) is 3.09. The van der Waals surface area contributed by atoms with Gasteiger partial charge in [0.15, 0.2) is 0 Å². The lowest BCUT2D eigenvalue weighted by Crippen LogP contribution is -2.26. The van der Waals surface area contributed by atoms with Gasteiger partial charge in [0.1, 0.15) is 0 Å². The maximum absolute atomic E-state index is 9.13. The van der Waals surface area contributed by atoms with Crippen LogP contribution in [0, 0.1) is 0 Å². The summed E-state index contributed by atoms with van der Waals surface area (Å²) in [6.45, 7) is 3.58. The van der Waals surface area contributed by atoms with Crippen LogP contribution in [-0.2, 0) is 0 Å². The van der Waals surface area contributed by atoms with Crippen molar-refractivity contribution in [3.8, 4) is 0 Å². The van der Waals surface area contributed by atoms with Gasteiger partial charge < -0.3 is 15.5 Å². The lowest BCUT2D eigenvalue weighted by molar-refractivity contribution is 0.0820. The molecule has 9 heavy (non-hydrogen) atoms. The molecule has 1 aliphatic rings. The molecule has 0 amide bonds. The fraction of sp³-hybridized carbons (Fsp3) is 1.00. The Morgan fingerprint density at radius 3 is 2.11 bits per heavy atom. The highest BCUT2D eigenvalue weighted by Gasteiger charge is 2.23. The van der Waals surface area contributed by atoms with E-state index in [1.54, 1.807) is 0 Å². The topological polar surface area (TPSA) is 52.5 Å². The van der Waals surface area contributed by atoms with E-state index in [0.29, 0.717) is 0 Å². The summed E-state index contributed by atoms with van der Waals surface area (Å²) < 4.78 is 0. The Morgan fingerprint density at radius 1 is 1.44 bits per heavy atom. The van der Waals surface area contributed by atoms with Crippen molar-refractivity contribution >= 4 is 0 Å². The number of rotatable bonds is 0. The van der Waals surface area contributed by atoms with Crippen molar-refractivity contribution < 1.29 is 10.2 Å². The Hall–Kier alpha value is -0.120. The number of aliphatic hydroxyl groups is 2. The van der Waals surface area contributed by atoms with Gasteiger partial charge in [0, 0.05) is 13.7 Å². The van der Waals surface area contributed by atoms with Crippen LogP contribution in [0.5, 0.6) is 0 Å². The summed E-state index contributed by atoms with van der Waals surface area (Å²) in [4.78, 5) is 0. The molecule has 1 atom stereocenters. The molecule has 0 bridgehead atoms. The highest BCUT2D eigenvalue weighted by Crippen LogP contribution is 2.10. The maximum atomic E-state index is 9.13. The van der Waals surface area contributed by atoms with E-state index in [9.17, 15) is 0 Å². The van der Waals surface area contributed by atoms with E-state index >= 15 is 0 Å². The first kappa shape index (κ1) is 8.88. The monoisotopic (exact) mass is 133 g/mol. The average molecular weight is 133 g/mol. The molecular weight excluding hydrogens is 118 g/mol. The van der Waals surface area contributed by atoms with E-state index in [1.807, 2.05) is 6.92 Å². The van der Waals surface area contributed by atoms with Crippen molar-refractivity contribution in [2.45, 2.75) is 18.9 Å². The van der Waals surface area contributed by atoms with Crippen molar-refractivity contribution in [2.24, 2.45) is 0 Å². The number of β-amino-alcohol motifs (C(OH)–C–C–N with tert-alkyl or cyclic N) is 1. The molecule has 1 unspecified atom stereocenters. The van der Waals surface area contributed by atoms with Gasteiger partial charge in [-0.1, -0.05) is 0 Å². The maximum Gasteiger partial charge on any atom is 0.0755 e. The Morgan fingerprint density at radius 2 is 2.00 bits per heavy atom. The van der Waals surface area contributed by atoms with Crippen LogP contribution in [0.1, 0.15) is 13.3 Å². The van der Waals surface area contributed by atoms with Gasteiger partial charge in [0.05, 0.1) is 5.60 Å². The van der Waals surface area contributed by atoms with Crippen LogP contribution in [0.25, 0.3) is 0 Å². The molecule has 3 heteroatoms. The van der Waals surface area contributed by atoms with E-state index < -0.39 is 5.60 Å². The Balaban J connectivity index is 0.000000291. The summed E-state index contributed by atoms with van der Waals surface area (Å²) >= 11 is 0. The Kier molecular flexibility index (Phi) is 3.77. The first-order chi connectivity index (χ1) is 4.21. The number of hydrogen-bond donors (Lipinski definition) is 3. The Bertz CT molecular complexity index is 65.5. The lowest BCUT2D eigenvalue weighted by atomic mass is 10.1. The highest BCUT2D eigenvalue weighted by molar-refractivity contribution is 4.82. The van der Waals surface area contributed by atoms with Gasteiger partial charge in [-0.25, -0.2) is 0 Å². The van der Waals surface area contributed by atoms with Crippen LogP contribution >= 0.6 is 0 Å². The van der Waals surface area contributed by atoms with Gasteiger partial charge in [-0.2, -0.15) is 0 Å². The molecule has 1 rings (SSSR count). The number of nitrogens with one attached hydrogen (secondary N) is 1. The van der Waals surface area contributed by atoms with E-state index in [-0.39, 0.29) is 0 Å². The molecule has 0 radical (unpaired) electrons. The summed E-state index contributed by atoms with van der Waals surface area (Å²) in [5.41, 5.74) is -0.417.